The Kier molecular flexibility index (Phi) is 3.39. The highest BCUT2D eigenvalue weighted by Crippen LogP contribution is 2.19. The van der Waals surface area contributed by atoms with Gasteiger partial charge in [-0.1, -0.05) is 0 Å². The fourth-order valence-electron chi connectivity index (χ4n) is 1.52. The van der Waals surface area contributed by atoms with Crippen molar-refractivity contribution in [3.05, 3.63) is 40.1 Å². The maximum atomic E-state index is 8.73. The molecular weight excluding hydrogens is 276 g/mol. The van der Waals surface area contributed by atoms with Gasteiger partial charge < -0.3 is 4.57 Å². The van der Waals surface area contributed by atoms with Gasteiger partial charge in [0.15, 0.2) is 7.85 Å². The molecule has 78 valence electrons. The highest BCUT2D eigenvalue weighted by Gasteiger charge is 2.11. The zero-order valence-corrected chi connectivity index (χ0v) is 10.5. The van der Waals surface area contributed by atoms with Crippen molar-refractivity contribution in [3.63, 3.8) is 0 Å². The summed E-state index contributed by atoms with van der Waals surface area (Å²) in [4.78, 5) is 4.15. The summed E-state index contributed by atoms with van der Waals surface area (Å²) in [5.41, 5.74) is 2.50. The Hall–Kier alpha value is -1.47. The molecule has 1 heterocycles. The Morgan fingerprint density at radius 3 is 2.47 bits per heavy atom. The first kappa shape index (κ1) is 12.0. The number of hydrogen-bond donors (Lipinski definition) is 0. The van der Waals surface area contributed by atoms with E-state index in [4.69, 9.17) is 21.0 Å². The lowest BCUT2D eigenvalue weighted by Crippen LogP contribution is -2.17. The average Bonchev–Trinajstić information content (AvgIpc) is 2.64. The van der Waals surface area contributed by atoms with Gasteiger partial charge in [-0.15, -0.1) is 0 Å². The van der Waals surface area contributed by atoms with Crippen molar-refractivity contribution in [3.8, 4) is 11.8 Å². The van der Waals surface area contributed by atoms with Crippen molar-refractivity contribution in [2.24, 2.45) is 0 Å². The van der Waals surface area contributed by atoms with E-state index in [2.05, 4.69) is 27.0 Å². The van der Waals surface area contributed by atoms with E-state index in [9.17, 15) is 0 Å². The molecule has 1 aromatic heterocycles. The minimum atomic E-state index is 0.314. The van der Waals surface area contributed by atoms with E-state index < -0.39 is 0 Å². The van der Waals surface area contributed by atoms with Crippen LogP contribution >= 0.6 is 15.9 Å². The molecule has 6 heteroatoms. The molecule has 0 spiro atoms. The van der Waals surface area contributed by atoms with Gasteiger partial charge in [-0.05, 0) is 46.5 Å². The van der Waals surface area contributed by atoms with Crippen LogP contribution in [0.1, 0.15) is 11.3 Å². The van der Waals surface area contributed by atoms with Crippen molar-refractivity contribution in [2.45, 2.75) is 6.32 Å². The zero-order valence-electron chi connectivity index (χ0n) is 8.89. The monoisotopic (exact) mass is 281 g/mol. The van der Waals surface area contributed by atoms with E-state index in [0.717, 1.165) is 10.3 Å². The van der Waals surface area contributed by atoms with Gasteiger partial charge in [0.25, 0.3) is 0 Å². The molecular formula is C11H6B2BrN3. The van der Waals surface area contributed by atoms with Crippen LogP contribution in [-0.2, 0) is 6.32 Å². The van der Waals surface area contributed by atoms with Gasteiger partial charge >= 0.3 is 0 Å². The molecule has 0 saturated heterocycles. The summed E-state index contributed by atoms with van der Waals surface area (Å²) < 4.78 is 2.48. The molecule has 0 N–H and O–H groups in total. The molecule has 0 atom stereocenters. The van der Waals surface area contributed by atoms with Crippen LogP contribution in [0.15, 0.2) is 28.9 Å². The highest BCUT2D eigenvalue weighted by atomic mass is 79.9. The fourth-order valence-corrected chi connectivity index (χ4v) is 2.16. The molecule has 0 saturated carbocycles. The normalized spacial score (nSPS) is 10.1. The van der Waals surface area contributed by atoms with Gasteiger partial charge in [0, 0.05) is 5.69 Å². The first-order valence-electron chi connectivity index (χ1n) is 4.90. The quantitative estimate of drug-likeness (QED) is 0.770. The molecule has 0 amide bonds. The van der Waals surface area contributed by atoms with E-state index in [1.165, 1.54) is 0 Å². The summed E-state index contributed by atoms with van der Waals surface area (Å²) in [6, 6.07) is 9.13. The van der Waals surface area contributed by atoms with Crippen molar-refractivity contribution in [2.75, 3.05) is 0 Å². The van der Waals surface area contributed by atoms with Gasteiger partial charge in [-0.25, -0.2) is 4.98 Å². The topological polar surface area (TPSA) is 41.6 Å². The van der Waals surface area contributed by atoms with Gasteiger partial charge in [-0.2, -0.15) is 5.26 Å². The number of halogens is 1. The van der Waals surface area contributed by atoms with E-state index in [1.54, 1.807) is 16.7 Å². The second kappa shape index (κ2) is 4.80. The van der Waals surface area contributed by atoms with Crippen LogP contribution in [0.5, 0.6) is 0 Å². The fraction of sp³-hybridized carbons (Fsp3) is 0.0909. The second-order valence-electron chi connectivity index (χ2n) is 3.41. The number of nitriles is 1. The molecule has 17 heavy (non-hydrogen) atoms. The van der Waals surface area contributed by atoms with Crippen LogP contribution < -0.4 is 5.72 Å². The molecule has 0 aliphatic heterocycles. The van der Waals surface area contributed by atoms with Crippen LogP contribution in [0.25, 0.3) is 5.69 Å². The van der Waals surface area contributed by atoms with Crippen molar-refractivity contribution < 1.29 is 0 Å². The summed E-state index contributed by atoms with van der Waals surface area (Å²) >= 11 is 3.41. The van der Waals surface area contributed by atoms with Gasteiger partial charge in [0.05, 0.1) is 30.9 Å². The zero-order chi connectivity index (χ0) is 12.4. The summed E-state index contributed by atoms with van der Waals surface area (Å²) in [6.45, 7) is 0. The molecule has 0 unspecified atom stereocenters. The molecule has 2 rings (SSSR count). The maximum absolute atomic E-state index is 8.73. The van der Waals surface area contributed by atoms with Crippen LogP contribution in [0.2, 0.25) is 0 Å². The Labute approximate surface area is 110 Å². The van der Waals surface area contributed by atoms with E-state index in [0.29, 0.717) is 23.3 Å². The smallest absolute Gasteiger partial charge is 0.168 e. The number of aromatic nitrogens is 2. The Balaban J connectivity index is 2.53. The number of rotatable bonds is 2. The molecule has 0 aliphatic rings. The minimum absolute atomic E-state index is 0.314. The Morgan fingerprint density at radius 2 is 2.00 bits per heavy atom. The lowest BCUT2D eigenvalue weighted by atomic mass is 10.0. The molecule has 0 fully saturated rings. The van der Waals surface area contributed by atoms with Crippen LogP contribution in [0.3, 0.4) is 0 Å². The average molecular weight is 282 g/mol. The maximum Gasteiger partial charge on any atom is 0.168 e. The van der Waals surface area contributed by atoms with E-state index in [-0.39, 0.29) is 0 Å². The van der Waals surface area contributed by atoms with Crippen LogP contribution in [0.4, 0.5) is 0 Å². The molecule has 3 nitrogen and oxygen atoms in total. The SMILES string of the molecule is [B]Cc1nc([B])n(-c2ccc(C#N)cc2)c1Br. The van der Waals surface area contributed by atoms with Gasteiger partial charge in [0.2, 0.25) is 0 Å². The van der Waals surface area contributed by atoms with Gasteiger partial charge in [-0.3, -0.25) is 0 Å². The van der Waals surface area contributed by atoms with Crippen LogP contribution in [0, 0.1) is 11.3 Å². The first-order valence-corrected chi connectivity index (χ1v) is 5.70. The predicted molar refractivity (Wildman–Crippen MR) is 70.8 cm³/mol. The summed E-state index contributed by atoms with van der Waals surface area (Å²) in [5.74, 6) is 0. The molecule has 4 radical (unpaired) electrons. The first-order chi connectivity index (χ1) is 8.17. The lowest BCUT2D eigenvalue weighted by Gasteiger charge is -2.07. The summed E-state index contributed by atoms with van der Waals surface area (Å²) in [7, 11) is 11.4. The molecule has 2 aromatic rings. The number of benzene rings is 1. The van der Waals surface area contributed by atoms with E-state index in [1.807, 2.05) is 12.1 Å². The van der Waals surface area contributed by atoms with E-state index >= 15 is 0 Å². The number of nitrogens with zero attached hydrogens (tertiary/aromatic N) is 3. The minimum Gasteiger partial charge on any atom is -0.300 e. The van der Waals surface area contributed by atoms with Crippen molar-refractivity contribution in [1.82, 2.24) is 9.55 Å². The molecule has 0 aliphatic carbocycles. The summed E-state index contributed by atoms with van der Waals surface area (Å²) in [6.07, 6.45) is 0.314. The van der Waals surface area contributed by atoms with Crippen molar-refractivity contribution >= 4 is 37.3 Å². The third-order valence-electron chi connectivity index (χ3n) is 2.36. The number of hydrogen-bond acceptors (Lipinski definition) is 2. The molecule has 0 bridgehead atoms. The third kappa shape index (κ3) is 2.16. The predicted octanol–water partition coefficient (Wildman–Crippen LogP) is 0.969. The lowest BCUT2D eigenvalue weighted by molar-refractivity contribution is 1.07. The largest absolute Gasteiger partial charge is 0.300 e. The standard InChI is InChI=1S/C11H6B2BrN3/c12-5-9-10(14)17(11(13)16-9)8-3-1-7(6-15)2-4-8/h1-4H,5H2. The summed E-state index contributed by atoms with van der Waals surface area (Å²) in [5, 5.41) is 8.73. The van der Waals surface area contributed by atoms with Crippen LogP contribution in [-0.4, -0.2) is 25.2 Å². The third-order valence-corrected chi connectivity index (χ3v) is 3.17. The van der Waals surface area contributed by atoms with Gasteiger partial charge in [0.1, 0.15) is 4.60 Å². The Bertz CT molecular complexity index is 584. The number of imidazole rings is 1. The molecule has 1 aromatic carbocycles. The Morgan fingerprint density at radius 1 is 1.35 bits per heavy atom. The van der Waals surface area contributed by atoms with Crippen molar-refractivity contribution in [1.29, 1.82) is 5.26 Å². The second-order valence-corrected chi connectivity index (χ2v) is 4.16. The highest BCUT2D eigenvalue weighted by molar-refractivity contribution is 9.10.